The minimum absolute atomic E-state index is 0.320. The molecule has 3 aromatic rings. The molecule has 0 aliphatic carbocycles. The average Bonchev–Trinajstić information content (AvgIpc) is 2.99. The smallest absolute Gasteiger partial charge is 0.250 e. The third-order valence-electron chi connectivity index (χ3n) is 3.02. The highest BCUT2D eigenvalue weighted by Crippen LogP contribution is 2.30. The number of hydrogen-bond donors (Lipinski definition) is 0. The summed E-state index contributed by atoms with van der Waals surface area (Å²) in [5, 5.41) is 6.15. The maximum Gasteiger partial charge on any atom is 0.250 e. The van der Waals surface area contributed by atoms with E-state index in [-0.39, 0.29) is 0 Å². The molecule has 3 rings (SSSR count). The van der Waals surface area contributed by atoms with Gasteiger partial charge < -0.3 is 4.74 Å². The van der Waals surface area contributed by atoms with Crippen LogP contribution in [0.1, 0.15) is 21.9 Å². The van der Waals surface area contributed by atoms with Gasteiger partial charge in [0.2, 0.25) is 5.88 Å². The summed E-state index contributed by atoms with van der Waals surface area (Å²) >= 11 is 1.45. The van der Waals surface area contributed by atoms with Crippen molar-refractivity contribution in [2.24, 2.45) is 7.05 Å². The first-order valence-electron chi connectivity index (χ1n) is 5.70. The Bertz CT molecular complexity index is 768. The summed E-state index contributed by atoms with van der Waals surface area (Å²) in [4.78, 5) is 16.3. The fourth-order valence-corrected chi connectivity index (χ4v) is 2.68. The van der Waals surface area contributed by atoms with E-state index in [0.29, 0.717) is 17.3 Å². The Labute approximate surface area is 113 Å². The summed E-state index contributed by atoms with van der Waals surface area (Å²) in [5.41, 5.74) is 2.08. The maximum absolute atomic E-state index is 11.2. The number of rotatable bonds is 3. The molecule has 0 aliphatic rings. The van der Waals surface area contributed by atoms with Crippen LogP contribution in [0.5, 0.6) is 11.6 Å². The van der Waals surface area contributed by atoms with Gasteiger partial charge in [0.15, 0.2) is 22.7 Å². The van der Waals surface area contributed by atoms with Crippen LogP contribution >= 0.6 is 11.3 Å². The van der Waals surface area contributed by atoms with Gasteiger partial charge in [-0.05, 0) is 13.8 Å². The molecule has 0 atom stereocenters. The van der Waals surface area contributed by atoms with Crippen LogP contribution in [-0.2, 0) is 7.05 Å². The Morgan fingerprint density at radius 2 is 2.21 bits per heavy atom. The lowest BCUT2D eigenvalue weighted by molar-refractivity contribution is 0.111. The van der Waals surface area contributed by atoms with Gasteiger partial charge in [-0.1, -0.05) is 0 Å². The van der Waals surface area contributed by atoms with Crippen molar-refractivity contribution in [2.75, 3.05) is 0 Å². The van der Waals surface area contributed by atoms with E-state index in [0.717, 1.165) is 22.6 Å². The van der Waals surface area contributed by atoms with Crippen molar-refractivity contribution in [2.45, 2.75) is 13.8 Å². The van der Waals surface area contributed by atoms with E-state index in [1.807, 2.05) is 26.3 Å². The first-order valence-corrected chi connectivity index (χ1v) is 6.58. The highest BCUT2D eigenvalue weighted by atomic mass is 32.1. The quantitative estimate of drug-likeness (QED) is 0.689. The number of imidazole rings is 1. The molecular weight excluding hydrogens is 264 g/mol. The molecule has 0 spiro atoms. The van der Waals surface area contributed by atoms with Gasteiger partial charge in [0.1, 0.15) is 5.69 Å². The second kappa shape index (κ2) is 4.20. The van der Waals surface area contributed by atoms with E-state index in [1.54, 1.807) is 15.3 Å². The third-order valence-corrected chi connectivity index (χ3v) is 3.77. The number of thiazole rings is 1. The third kappa shape index (κ3) is 1.74. The van der Waals surface area contributed by atoms with Crippen LogP contribution in [0.3, 0.4) is 0 Å². The summed E-state index contributed by atoms with van der Waals surface area (Å²) in [5.74, 6) is 0.970. The second-order valence-electron chi connectivity index (χ2n) is 4.20. The van der Waals surface area contributed by atoms with Crippen molar-refractivity contribution in [3.63, 3.8) is 0 Å². The van der Waals surface area contributed by atoms with Gasteiger partial charge in [-0.3, -0.25) is 13.9 Å². The molecule has 0 saturated heterocycles. The van der Waals surface area contributed by atoms with Gasteiger partial charge in [0.05, 0.1) is 5.69 Å². The Balaban J connectivity index is 2.10. The van der Waals surface area contributed by atoms with Crippen molar-refractivity contribution < 1.29 is 9.53 Å². The molecule has 0 fully saturated rings. The molecule has 0 amide bonds. The Kier molecular flexibility index (Phi) is 2.63. The molecule has 19 heavy (non-hydrogen) atoms. The van der Waals surface area contributed by atoms with Gasteiger partial charge in [-0.15, -0.1) is 11.3 Å². The van der Waals surface area contributed by atoms with E-state index >= 15 is 0 Å². The first-order chi connectivity index (χ1) is 9.11. The molecule has 0 aliphatic heterocycles. The predicted octanol–water partition coefficient (Wildman–Crippen LogP) is 2.35. The van der Waals surface area contributed by atoms with Crippen LogP contribution in [-0.4, -0.2) is 25.5 Å². The van der Waals surface area contributed by atoms with Gasteiger partial charge in [0, 0.05) is 18.6 Å². The number of carbonyl (C=O) groups excluding carboxylic acids is 1. The van der Waals surface area contributed by atoms with E-state index < -0.39 is 0 Å². The van der Waals surface area contributed by atoms with Crippen LogP contribution in [0.2, 0.25) is 0 Å². The number of hydrogen-bond acceptors (Lipinski definition) is 5. The largest absolute Gasteiger partial charge is 0.433 e. The highest BCUT2D eigenvalue weighted by Gasteiger charge is 2.18. The number of aldehydes is 1. The van der Waals surface area contributed by atoms with Crippen LogP contribution in [0.4, 0.5) is 0 Å². The van der Waals surface area contributed by atoms with Crippen molar-refractivity contribution in [1.82, 2.24) is 19.2 Å². The number of nitrogens with zero attached hydrogens (tertiary/aromatic N) is 4. The van der Waals surface area contributed by atoms with E-state index in [9.17, 15) is 4.79 Å². The fourth-order valence-electron chi connectivity index (χ4n) is 1.96. The Morgan fingerprint density at radius 3 is 2.84 bits per heavy atom. The molecule has 98 valence electrons. The Morgan fingerprint density at radius 1 is 1.42 bits per heavy atom. The molecule has 0 bridgehead atoms. The van der Waals surface area contributed by atoms with Crippen molar-refractivity contribution in [3.05, 3.63) is 28.7 Å². The summed E-state index contributed by atoms with van der Waals surface area (Å²) < 4.78 is 9.24. The van der Waals surface area contributed by atoms with Gasteiger partial charge in [0.25, 0.3) is 0 Å². The van der Waals surface area contributed by atoms with Crippen LogP contribution < -0.4 is 4.74 Å². The number of aryl methyl sites for hydroxylation is 2. The topological polar surface area (TPSA) is 61.4 Å². The zero-order chi connectivity index (χ0) is 13.6. The minimum atomic E-state index is 0.320. The summed E-state index contributed by atoms with van der Waals surface area (Å²) in [7, 11) is 1.85. The lowest BCUT2D eigenvalue weighted by Crippen LogP contribution is -1.95. The molecule has 0 unspecified atom stereocenters. The van der Waals surface area contributed by atoms with Crippen LogP contribution in [0.25, 0.3) is 4.96 Å². The number of carbonyl (C=O) groups is 1. The van der Waals surface area contributed by atoms with Crippen molar-refractivity contribution in [3.8, 4) is 11.6 Å². The summed E-state index contributed by atoms with van der Waals surface area (Å²) in [6.45, 7) is 3.77. The molecule has 0 radical (unpaired) electrons. The van der Waals surface area contributed by atoms with Crippen LogP contribution in [0.15, 0.2) is 11.6 Å². The van der Waals surface area contributed by atoms with Gasteiger partial charge in [-0.2, -0.15) is 10.1 Å². The fraction of sp³-hybridized carbons (Fsp3) is 0.250. The first kappa shape index (κ1) is 11.9. The van der Waals surface area contributed by atoms with Crippen molar-refractivity contribution in [1.29, 1.82) is 0 Å². The van der Waals surface area contributed by atoms with Gasteiger partial charge >= 0.3 is 0 Å². The molecular formula is C12H12N4O2S. The lowest BCUT2D eigenvalue weighted by atomic mass is 10.3. The maximum atomic E-state index is 11.2. The zero-order valence-corrected chi connectivity index (χ0v) is 11.6. The molecule has 3 heterocycles. The van der Waals surface area contributed by atoms with E-state index in [1.165, 1.54) is 11.3 Å². The summed E-state index contributed by atoms with van der Waals surface area (Å²) in [6.07, 6.45) is 2.55. The molecule has 6 nitrogen and oxygen atoms in total. The summed E-state index contributed by atoms with van der Waals surface area (Å²) in [6, 6.07) is 0. The molecule has 3 aromatic heterocycles. The number of ether oxygens (including phenoxy) is 1. The normalized spacial score (nSPS) is 11.1. The lowest BCUT2D eigenvalue weighted by Gasteiger charge is -2.03. The van der Waals surface area contributed by atoms with Gasteiger partial charge in [-0.25, -0.2) is 0 Å². The van der Waals surface area contributed by atoms with E-state index in [2.05, 4.69) is 10.1 Å². The van der Waals surface area contributed by atoms with E-state index in [4.69, 9.17) is 4.74 Å². The second-order valence-corrected chi connectivity index (χ2v) is 5.07. The molecule has 0 aromatic carbocycles. The molecule has 0 N–H and O–H groups in total. The number of fused-ring (bicyclic) bond motifs is 1. The standard InChI is InChI=1S/C12H12N4O2S/c1-7-10(8(2)15(3)14-7)18-11-9(6-17)16-4-5-19-12(16)13-11/h4-6H,1-3H3. The molecule has 7 heteroatoms. The average molecular weight is 276 g/mol. The minimum Gasteiger partial charge on any atom is -0.433 e. The monoisotopic (exact) mass is 276 g/mol. The van der Waals surface area contributed by atoms with Crippen LogP contribution in [0, 0.1) is 13.8 Å². The number of aromatic nitrogens is 4. The SMILES string of the molecule is Cc1nn(C)c(C)c1Oc1nc2sccn2c1C=O. The Hall–Kier alpha value is -2.15. The molecule has 0 saturated carbocycles. The van der Waals surface area contributed by atoms with Crippen molar-refractivity contribution >= 4 is 22.6 Å². The zero-order valence-electron chi connectivity index (χ0n) is 10.7. The highest BCUT2D eigenvalue weighted by molar-refractivity contribution is 7.15. The predicted molar refractivity (Wildman–Crippen MR) is 71.2 cm³/mol.